The lowest BCUT2D eigenvalue weighted by molar-refractivity contribution is 0.0438. The number of benzene rings is 1. The zero-order valence-corrected chi connectivity index (χ0v) is 13.4. The molecule has 0 saturated carbocycles. The normalized spacial score (nSPS) is 21.9. The highest BCUT2D eigenvalue weighted by atomic mass is 127. The summed E-state index contributed by atoms with van der Waals surface area (Å²) < 4.78 is 6.31. The molecule has 1 aromatic carbocycles. The van der Waals surface area contributed by atoms with Crippen LogP contribution in [0.1, 0.15) is 37.9 Å². The number of alkyl carbamates (subject to hydrolysis) is 1. The molecule has 0 bridgehead atoms. The van der Waals surface area contributed by atoms with Crippen molar-refractivity contribution in [1.29, 1.82) is 0 Å². The molecule has 19 heavy (non-hydrogen) atoms. The van der Waals surface area contributed by atoms with E-state index in [4.69, 9.17) is 4.74 Å². The number of aliphatic hydroxyl groups is 1. The highest BCUT2D eigenvalue weighted by Crippen LogP contribution is 2.32. The smallest absolute Gasteiger partial charge is 0.408 e. The van der Waals surface area contributed by atoms with Crippen LogP contribution in [-0.4, -0.2) is 22.9 Å². The molecule has 5 heteroatoms. The predicted molar refractivity (Wildman–Crippen MR) is 81.0 cm³/mol. The van der Waals surface area contributed by atoms with Crippen molar-refractivity contribution < 1.29 is 14.6 Å². The number of hydrogen-bond donors (Lipinski definition) is 2. The van der Waals surface area contributed by atoms with E-state index in [1.807, 2.05) is 39.0 Å². The van der Waals surface area contributed by atoms with Crippen molar-refractivity contribution in [2.75, 3.05) is 0 Å². The predicted octanol–water partition coefficient (Wildman–Crippen LogP) is 2.77. The lowest BCUT2D eigenvalue weighted by Crippen LogP contribution is -2.38. The van der Waals surface area contributed by atoms with Gasteiger partial charge in [-0.25, -0.2) is 4.79 Å². The van der Waals surface area contributed by atoms with Crippen LogP contribution in [0.25, 0.3) is 0 Å². The number of amides is 1. The van der Waals surface area contributed by atoms with Crippen LogP contribution < -0.4 is 5.32 Å². The summed E-state index contributed by atoms with van der Waals surface area (Å²) >= 11 is 2.22. The summed E-state index contributed by atoms with van der Waals surface area (Å²) in [7, 11) is 0. The maximum absolute atomic E-state index is 11.8. The first-order chi connectivity index (χ1) is 8.76. The Balaban J connectivity index is 2.14. The van der Waals surface area contributed by atoms with E-state index in [2.05, 4.69) is 27.9 Å². The van der Waals surface area contributed by atoms with E-state index in [1.54, 1.807) is 0 Å². The summed E-state index contributed by atoms with van der Waals surface area (Å²) in [4.78, 5) is 11.8. The summed E-state index contributed by atoms with van der Waals surface area (Å²) in [5.41, 5.74) is 1.51. The summed E-state index contributed by atoms with van der Waals surface area (Å²) in [6.45, 7) is 5.44. The van der Waals surface area contributed by atoms with E-state index in [0.29, 0.717) is 6.42 Å². The van der Waals surface area contributed by atoms with Crippen LogP contribution in [0, 0.1) is 3.57 Å². The highest BCUT2D eigenvalue weighted by molar-refractivity contribution is 14.1. The van der Waals surface area contributed by atoms with Gasteiger partial charge >= 0.3 is 6.09 Å². The monoisotopic (exact) mass is 375 g/mol. The fraction of sp³-hybridized carbons (Fsp3) is 0.500. The molecule has 1 aromatic rings. The minimum Gasteiger partial charge on any atom is -0.444 e. The third kappa shape index (κ3) is 3.60. The Morgan fingerprint density at radius 2 is 2.16 bits per heavy atom. The Kier molecular flexibility index (Phi) is 4.06. The topological polar surface area (TPSA) is 58.6 Å². The average Bonchev–Trinajstić information content (AvgIpc) is 2.53. The molecule has 0 saturated heterocycles. The largest absolute Gasteiger partial charge is 0.444 e. The molecule has 104 valence electrons. The van der Waals surface area contributed by atoms with Crippen molar-refractivity contribution >= 4 is 28.7 Å². The van der Waals surface area contributed by atoms with Crippen molar-refractivity contribution in [3.05, 3.63) is 32.9 Å². The van der Waals surface area contributed by atoms with Gasteiger partial charge in [-0.2, -0.15) is 0 Å². The lowest BCUT2D eigenvalue weighted by atomic mass is 10.1. The summed E-state index contributed by atoms with van der Waals surface area (Å²) in [5, 5.41) is 12.8. The first-order valence-electron chi connectivity index (χ1n) is 6.22. The molecule has 4 nitrogen and oxygen atoms in total. The molecular formula is C14H18INO3. The van der Waals surface area contributed by atoms with E-state index >= 15 is 0 Å². The standard InChI is InChI=1S/C14H18INO3/c1-14(2,3)19-13(18)16-12-10-7-9(15)5-4-8(10)6-11(12)17/h4-5,7,11-12,17H,6H2,1-3H3,(H,16,18)/t11-,12-/m0/s1. The fourth-order valence-corrected chi connectivity index (χ4v) is 2.72. The van der Waals surface area contributed by atoms with Gasteiger partial charge in [0.15, 0.2) is 0 Å². The zero-order valence-electron chi connectivity index (χ0n) is 11.2. The van der Waals surface area contributed by atoms with Gasteiger partial charge in [0.05, 0.1) is 12.1 Å². The van der Waals surface area contributed by atoms with Crippen LogP contribution in [0.5, 0.6) is 0 Å². The fourth-order valence-electron chi connectivity index (χ4n) is 2.20. The first-order valence-corrected chi connectivity index (χ1v) is 7.30. The molecule has 0 aromatic heterocycles. The maximum atomic E-state index is 11.8. The van der Waals surface area contributed by atoms with Gasteiger partial charge < -0.3 is 15.2 Å². The van der Waals surface area contributed by atoms with E-state index in [0.717, 1.165) is 14.7 Å². The van der Waals surface area contributed by atoms with Gasteiger partial charge in [0.2, 0.25) is 0 Å². The maximum Gasteiger partial charge on any atom is 0.408 e. The average molecular weight is 375 g/mol. The third-order valence-electron chi connectivity index (χ3n) is 2.93. The van der Waals surface area contributed by atoms with E-state index < -0.39 is 17.8 Å². The van der Waals surface area contributed by atoms with Gasteiger partial charge in [-0.15, -0.1) is 0 Å². The Bertz CT molecular complexity index is 496. The van der Waals surface area contributed by atoms with E-state index in [1.165, 1.54) is 0 Å². The van der Waals surface area contributed by atoms with Crippen molar-refractivity contribution in [2.24, 2.45) is 0 Å². The molecule has 2 N–H and O–H groups in total. The lowest BCUT2D eigenvalue weighted by Gasteiger charge is -2.23. The number of aliphatic hydroxyl groups excluding tert-OH is 1. The molecule has 0 radical (unpaired) electrons. The molecule has 0 heterocycles. The van der Waals surface area contributed by atoms with Gasteiger partial charge in [0.25, 0.3) is 0 Å². The first kappa shape index (κ1) is 14.6. The number of carbonyl (C=O) groups is 1. The molecule has 0 aliphatic heterocycles. The van der Waals surface area contributed by atoms with Crippen LogP contribution in [0.3, 0.4) is 0 Å². The number of fused-ring (bicyclic) bond motifs is 1. The molecule has 0 unspecified atom stereocenters. The van der Waals surface area contributed by atoms with Crippen molar-refractivity contribution in [2.45, 2.75) is 44.9 Å². The molecule has 2 atom stereocenters. The van der Waals surface area contributed by atoms with Crippen molar-refractivity contribution in [3.63, 3.8) is 0 Å². The SMILES string of the molecule is CC(C)(C)OC(=O)N[C@H]1c2cc(I)ccc2C[C@@H]1O. The van der Waals surface area contributed by atoms with Gasteiger partial charge in [-0.1, -0.05) is 6.07 Å². The Morgan fingerprint density at radius 3 is 2.79 bits per heavy atom. The molecule has 1 aliphatic carbocycles. The van der Waals surface area contributed by atoms with Crippen LogP contribution in [-0.2, 0) is 11.2 Å². The molecule has 1 amide bonds. The summed E-state index contributed by atoms with van der Waals surface area (Å²) in [6, 6.07) is 5.60. The quantitative estimate of drug-likeness (QED) is 0.743. The number of hydrogen-bond acceptors (Lipinski definition) is 3. The van der Waals surface area contributed by atoms with E-state index in [-0.39, 0.29) is 6.04 Å². The molecular weight excluding hydrogens is 357 g/mol. The van der Waals surface area contributed by atoms with Crippen LogP contribution in [0.4, 0.5) is 4.79 Å². The molecule has 2 rings (SSSR count). The van der Waals surface area contributed by atoms with Gasteiger partial charge in [0.1, 0.15) is 5.60 Å². The van der Waals surface area contributed by atoms with Crippen LogP contribution in [0.2, 0.25) is 0 Å². The summed E-state index contributed by atoms with van der Waals surface area (Å²) in [5.74, 6) is 0. The third-order valence-corrected chi connectivity index (χ3v) is 3.60. The number of ether oxygens (including phenoxy) is 1. The van der Waals surface area contributed by atoms with Crippen LogP contribution >= 0.6 is 22.6 Å². The minimum absolute atomic E-state index is 0.389. The van der Waals surface area contributed by atoms with Crippen LogP contribution in [0.15, 0.2) is 18.2 Å². The van der Waals surface area contributed by atoms with Crippen molar-refractivity contribution in [3.8, 4) is 0 Å². The van der Waals surface area contributed by atoms with Gasteiger partial charge in [-0.3, -0.25) is 0 Å². The summed E-state index contributed by atoms with van der Waals surface area (Å²) in [6.07, 6.45) is -0.531. The molecule has 1 aliphatic rings. The Hall–Kier alpha value is -0.820. The molecule has 0 spiro atoms. The molecule has 0 fully saturated rings. The second kappa shape index (κ2) is 5.28. The van der Waals surface area contributed by atoms with Gasteiger partial charge in [0, 0.05) is 9.99 Å². The van der Waals surface area contributed by atoms with Gasteiger partial charge in [-0.05, 0) is 66.6 Å². The number of nitrogens with one attached hydrogen (secondary N) is 1. The van der Waals surface area contributed by atoms with E-state index in [9.17, 15) is 9.90 Å². The second-order valence-electron chi connectivity index (χ2n) is 5.74. The Morgan fingerprint density at radius 1 is 1.47 bits per heavy atom. The minimum atomic E-state index is -0.597. The Labute approximate surface area is 126 Å². The second-order valence-corrected chi connectivity index (χ2v) is 6.98. The number of rotatable bonds is 1. The highest BCUT2D eigenvalue weighted by Gasteiger charge is 2.33. The number of carbonyl (C=O) groups excluding carboxylic acids is 1. The number of halogens is 1. The zero-order chi connectivity index (χ0) is 14.2. The van der Waals surface area contributed by atoms with Crippen molar-refractivity contribution in [1.82, 2.24) is 5.32 Å².